The lowest BCUT2D eigenvalue weighted by Gasteiger charge is -2.06. The summed E-state index contributed by atoms with van der Waals surface area (Å²) in [5.41, 5.74) is 0. The zero-order chi connectivity index (χ0) is 10.9. The number of nitrogens with one attached hydrogen (secondary N) is 1. The molecule has 0 aromatic carbocycles. The lowest BCUT2D eigenvalue weighted by atomic mass is 10.3. The zero-order valence-electron chi connectivity index (χ0n) is 8.17. The molecule has 82 valence electrons. The number of hydrogen-bond acceptors (Lipinski definition) is 6. The van der Waals surface area contributed by atoms with Crippen molar-refractivity contribution in [1.29, 1.82) is 0 Å². The monoisotopic (exact) mass is 229 g/mol. The topological polar surface area (TPSA) is 85.1 Å². The molecule has 0 bridgehead atoms. The largest absolute Gasteiger partial charge is 0.424 e. The van der Waals surface area contributed by atoms with Crippen molar-refractivity contribution in [3.05, 3.63) is 23.3 Å². The molecule has 0 radical (unpaired) electrons. The van der Waals surface area contributed by atoms with Crippen LogP contribution in [0.4, 0.5) is 0 Å². The Morgan fingerprint density at radius 3 is 2.93 bits per heavy atom. The first-order valence-electron chi connectivity index (χ1n) is 4.48. The Labute approximate surface area is 87.3 Å². The van der Waals surface area contributed by atoms with Crippen molar-refractivity contribution in [2.75, 3.05) is 5.75 Å². The molecule has 0 saturated heterocycles. The Morgan fingerprint density at radius 1 is 1.60 bits per heavy atom. The third kappa shape index (κ3) is 2.63. The van der Waals surface area contributed by atoms with Crippen LogP contribution < -0.4 is 5.32 Å². The van der Waals surface area contributed by atoms with Gasteiger partial charge in [0.15, 0.2) is 9.84 Å². The second kappa shape index (κ2) is 3.74. The van der Waals surface area contributed by atoms with Crippen LogP contribution in [-0.4, -0.2) is 30.4 Å². The molecule has 1 aliphatic rings. The van der Waals surface area contributed by atoms with Gasteiger partial charge in [-0.25, -0.2) is 8.42 Å². The standard InChI is InChI=1S/C8H11N3O3S/c1-6-10-11-8(14-6)4-9-7-2-3-15(12,13)5-7/h2-3,7,9H,4-5H2,1H3. The summed E-state index contributed by atoms with van der Waals surface area (Å²) in [5.74, 6) is 1.06. The number of sulfone groups is 1. The highest BCUT2D eigenvalue weighted by Gasteiger charge is 2.21. The predicted octanol–water partition coefficient (Wildman–Crippen LogP) is -0.222. The molecule has 6 nitrogen and oxygen atoms in total. The van der Waals surface area contributed by atoms with E-state index in [1.807, 2.05) is 0 Å². The minimum Gasteiger partial charge on any atom is -0.424 e. The van der Waals surface area contributed by atoms with E-state index in [1.165, 1.54) is 5.41 Å². The fourth-order valence-electron chi connectivity index (χ4n) is 1.33. The number of nitrogens with zero attached hydrogens (tertiary/aromatic N) is 2. The van der Waals surface area contributed by atoms with Gasteiger partial charge in [0, 0.05) is 18.4 Å². The van der Waals surface area contributed by atoms with Crippen LogP contribution in [0.1, 0.15) is 11.8 Å². The first-order chi connectivity index (χ1) is 7.05. The lowest BCUT2D eigenvalue weighted by molar-refractivity contribution is 0.441. The van der Waals surface area contributed by atoms with E-state index in [0.717, 1.165) is 0 Å². The van der Waals surface area contributed by atoms with Crippen LogP contribution in [-0.2, 0) is 16.4 Å². The summed E-state index contributed by atoms with van der Waals surface area (Å²) in [6, 6.07) is -0.165. The predicted molar refractivity (Wildman–Crippen MR) is 52.6 cm³/mol. The van der Waals surface area contributed by atoms with Crippen molar-refractivity contribution in [3.63, 3.8) is 0 Å². The van der Waals surface area contributed by atoms with Gasteiger partial charge in [-0.15, -0.1) is 10.2 Å². The van der Waals surface area contributed by atoms with Gasteiger partial charge in [0.1, 0.15) is 0 Å². The van der Waals surface area contributed by atoms with E-state index in [4.69, 9.17) is 4.42 Å². The Morgan fingerprint density at radius 2 is 2.40 bits per heavy atom. The summed E-state index contributed by atoms with van der Waals surface area (Å²) < 4.78 is 27.3. The van der Waals surface area contributed by atoms with Gasteiger partial charge < -0.3 is 9.73 Å². The molecule has 0 spiro atoms. The SMILES string of the molecule is Cc1nnc(CNC2C=CS(=O)(=O)C2)o1. The van der Waals surface area contributed by atoms with Gasteiger partial charge in [-0.2, -0.15) is 0 Å². The molecular weight excluding hydrogens is 218 g/mol. The zero-order valence-corrected chi connectivity index (χ0v) is 8.99. The van der Waals surface area contributed by atoms with Crippen molar-refractivity contribution < 1.29 is 12.8 Å². The molecule has 1 aliphatic heterocycles. The minimum absolute atomic E-state index is 0.0973. The van der Waals surface area contributed by atoms with Crippen molar-refractivity contribution >= 4 is 9.84 Å². The third-order valence-electron chi connectivity index (χ3n) is 2.01. The molecule has 1 unspecified atom stereocenters. The molecule has 0 saturated carbocycles. The van der Waals surface area contributed by atoms with E-state index in [0.29, 0.717) is 18.3 Å². The number of aryl methyl sites for hydroxylation is 1. The van der Waals surface area contributed by atoms with Gasteiger partial charge >= 0.3 is 0 Å². The average Bonchev–Trinajstić information content (AvgIpc) is 2.69. The van der Waals surface area contributed by atoms with Crippen LogP contribution in [0.25, 0.3) is 0 Å². The summed E-state index contributed by atoms with van der Waals surface area (Å²) in [5, 5.41) is 11.7. The molecule has 1 aromatic rings. The molecule has 0 fully saturated rings. The second-order valence-electron chi connectivity index (χ2n) is 3.36. The van der Waals surface area contributed by atoms with Gasteiger partial charge in [-0.05, 0) is 0 Å². The average molecular weight is 229 g/mol. The second-order valence-corrected chi connectivity index (χ2v) is 5.29. The molecule has 2 rings (SSSR count). The van der Waals surface area contributed by atoms with Crippen molar-refractivity contribution in [2.24, 2.45) is 0 Å². The van der Waals surface area contributed by atoms with Gasteiger partial charge in [0.2, 0.25) is 11.8 Å². The first kappa shape index (κ1) is 10.3. The van der Waals surface area contributed by atoms with Gasteiger partial charge in [-0.3, -0.25) is 0 Å². The summed E-state index contributed by atoms with van der Waals surface area (Å²) in [6.45, 7) is 2.09. The fraction of sp³-hybridized carbons (Fsp3) is 0.500. The smallest absolute Gasteiger partial charge is 0.230 e. The normalized spacial score (nSPS) is 23.4. The first-order valence-corrected chi connectivity index (χ1v) is 6.20. The Kier molecular flexibility index (Phi) is 2.57. The van der Waals surface area contributed by atoms with Crippen LogP contribution >= 0.6 is 0 Å². The van der Waals surface area contributed by atoms with E-state index in [9.17, 15) is 8.42 Å². The maximum absolute atomic E-state index is 11.1. The van der Waals surface area contributed by atoms with E-state index in [-0.39, 0.29) is 11.8 Å². The minimum atomic E-state index is -3.00. The van der Waals surface area contributed by atoms with Crippen LogP contribution in [0.3, 0.4) is 0 Å². The fourth-order valence-corrected chi connectivity index (χ4v) is 2.60. The van der Waals surface area contributed by atoms with Crippen LogP contribution in [0, 0.1) is 6.92 Å². The van der Waals surface area contributed by atoms with Crippen LogP contribution in [0.5, 0.6) is 0 Å². The van der Waals surface area contributed by atoms with Crippen LogP contribution in [0.15, 0.2) is 15.9 Å². The highest BCUT2D eigenvalue weighted by Crippen LogP contribution is 2.08. The molecule has 2 heterocycles. The van der Waals surface area contributed by atoms with Gasteiger partial charge in [0.05, 0.1) is 12.3 Å². The van der Waals surface area contributed by atoms with Gasteiger partial charge in [-0.1, -0.05) is 6.08 Å². The van der Waals surface area contributed by atoms with Crippen molar-refractivity contribution in [2.45, 2.75) is 19.5 Å². The van der Waals surface area contributed by atoms with Crippen molar-refractivity contribution in [1.82, 2.24) is 15.5 Å². The number of hydrogen-bond donors (Lipinski definition) is 1. The Hall–Kier alpha value is -1.21. The molecule has 0 amide bonds. The molecule has 15 heavy (non-hydrogen) atoms. The van der Waals surface area contributed by atoms with E-state index in [1.54, 1.807) is 13.0 Å². The number of rotatable bonds is 3. The maximum atomic E-state index is 11.1. The van der Waals surface area contributed by atoms with E-state index in [2.05, 4.69) is 15.5 Å². The maximum Gasteiger partial charge on any atom is 0.230 e. The Bertz CT molecular complexity index is 477. The Balaban J connectivity index is 1.88. The summed E-state index contributed by atoms with van der Waals surface area (Å²) in [6.07, 6.45) is 1.62. The third-order valence-corrected chi connectivity index (χ3v) is 3.41. The molecule has 7 heteroatoms. The number of aromatic nitrogens is 2. The van der Waals surface area contributed by atoms with Crippen molar-refractivity contribution in [3.8, 4) is 0 Å². The highest BCUT2D eigenvalue weighted by atomic mass is 32.2. The molecule has 1 N–H and O–H groups in total. The van der Waals surface area contributed by atoms with Gasteiger partial charge in [0.25, 0.3) is 0 Å². The quantitative estimate of drug-likeness (QED) is 0.771. The summed E-state index contributed by atoms with van der Waals surface area (Å²) in [7, 11) is -3.00. The summed E-state index contributed by atoms with van der Waals surface area (Å²) in [4.78, 5) is 0. The van der Waals surface area contributed by atoms with E-state index < -0.39 is 9.84 Å². The van der Waals surface area contributed by atoms with E-state index >= 15 is 0 Å². The molecular formula is C8H11N3O3S. The highest BCUT2D eigenvalue weighted by molar-refractivity contribution is 7.94. The molecule has 1 aromatic heterocycles. The summed E-state index contributed by atoms with van der Waals surface area (Å²) >= 11 is 0. The molecule has 1 atom stereocenters. The van der Waals surface area contributed by atoms with Crippen LogP contribution in [0.2, 0.25) is 0 Å². The lowest BCUT2D eigenvalue weighted by Crippen LogP contribution is -2.29. The molecule has 0 aliphatic carbocycles.